The van der Waals surface area contributed by atoms with Crippen molar-refractivity contribution in [3.8, 4) is 0 Å². The van der Waals surface area contributed by atoms with Gasteiger partial charge in [0.25, 0.3) is 5.91 Å². The average molecular weight is 409 g/mol. The third-order valence-electron chi connectivity index (χ3n) is 5.26. The second-order valence-electron chi connectivity index (χ2n) is 7.99. The lowest BCUT2D eigenvalue weighted by molar-refractivity contribution is 0.0623. The quantitative estimate of drug-likeness (QED) is 0.619. The van der Waals surface area contributed by atoms with Crippen molar-refractivity contribution in [2.75, 3.05) is 32.7 Å². The highest BCUT2D eigenvalue weighted by molar-refractivity contribution is 7.98. The number of benzene rings is 2. The topological polar surface area (TPSA) is 52.2 Å². The van der Waals surface area contributed by atoms with Crippen LogP contribution in [0.1, 0.15) is 29.8 Å². The van der Waals surface area contributed by atoms with Crippen LogP contribution >= 0.6 is 11.8 Å². The number of thioether (sulfide) groups is 1. The Morgan fingerprint density at radius 3 is 2.55 bits per heavy atom. The molecule has 0 unspecified atom stereocenters. The SMILES string of the molecule is CC(C)CN1CCN(C(=O)c2ccccc2CSc2nc3ccccc3[nH]2)CC1. The van der Waals surface area contributed by atoms with Crippen LogP contribution in [-0.2, 0) is 5.75 Å². The lowest BCUT2D eigenvalue weighted by Gasteiger charge is -2.35. The Bertz CT molecular complexity index is 943. The van der Waals surface area contributed by atoms with E-state index in [4.69, 9.17) is 0 Å². The lowest BCUT2D eigenvalue weighted by atomic mass is 10.1. The molecule has 1 aliphatic heterocycles. The summed E-state index contributed by atoms with van der Waals surface area (Å²) in [5.74, 6) is 1.53. The fraction of sp³-hybridized carbons (Fsp3) is 0.391. The van der Waals surface area contributed by atoms with Crippen LogP contribution in [0.25, 0.3) is 11.0 Å². The third kappa shape index (κ3) is 4.82. The van der Waals surface area contributed by atoms with Gasteiger partial charge in [-0.05, 0) is 29.7 Å². The van der Waals surface area contributed by atoms with Gasteiger partial charge in [0.15, 0.2) is 5.16 Å². The van der Waals surface area contributed by atoms with Crippen molar-refractivity contribution in [1.29, 1.82) is 0 Å². The van der Waals surface area contributed by atoms with Crippen molar-refractivity contribution in [3.05, 3.63) is 59.7 Å². The molecule has 2 aromatic carbocycles. The number of nitrogens with zero attached hydrogens (tertiary/aromatic N) is 3. The number of rotatable bonds is 6. The van der Waals surface area contributed by atoms with Gasteiger partial charge in [-0.15, -0.1) is 0 Å². The van der Waals surface area contributed by atoms with E-state index in [1.807, 2.05) is 47.4 Å². The normalized spacial score (nSPS) is 15.3. The maximum atomic E-state index is 13.2. The third-order valence-corrected chi connectivity index (χ3v) is 6.18. The highest BCUT2D eigenvalue weighted by atomic mass is 32.2. The Morgan fingerprint density at radius 2 is 1.79 bits per heavy atom. The van der Waals surface area contributed by atoms with Crippen LogP contribution in [0, 0.1) is 5.92 Å². The molecule has 0 saturated carbocycles. The Morgan fingerprint density at radius 1 is 1.07 bits per heavy atom. The molecule has 1 saturated heterocycles. The van der Waals surface area contributed by atoms with Gasteiger partial charge in [-0.25, -0.2) is 4.98 Å². The van der Waals surface area contributed by atoms with E-state index in [-0.39, 0.29) is 5.91 Å². The molecule has 152 valence electrons. The number of aromatic nitrogens is 2. The minimum Gasteiger partial charge on any atom is -0.336 e. The van der Waals surface area contributed by atoms with E-state index in [9.17, 15) is 4.79 Å². The van der Waals surface area contributed by atoms with Gasteiger partial charge in [0.1, 0.15) is 0 Å². The number of aromatic amines is 1. The van der Waals surface area contributed by atoms with Gasteiger partial charge < -0.3 is 9.88 Å². The molecular formula is C23H28N4OS. The Labute approximate surface area is 176 Å². The van der Waals surface area contributed by atoms with E-state index in [1.165, 1.54) is 0 Å². The number of carbonyl (C=O) groups is 1. The monoisotopic (exact) mass is 408 g/mol. The van der Waals surface area contributed by atoms with E-state index in [1.54, 1.807) is 11.8 Å². The number of carbonyl (C=O) groups excluding carboxylic acids is 1. The molecule has 6 heteroatoms. The van der Waals surface area contributed by atoms with Gasteiger partial charge in [0, 0.05) is 44.0 Å². The molecule has 0 atom stereocenters. The second kappa shape index (κ2) is 9.01. The summed E-state index contributed by atoms with van der Waals surface area (Å²) in [5.41, 5.74) is 3.89. The summed E-state index contributed by atoms with van der Waals surface area (Å²) in [6, 6.07) is 16.0. The number of piperazine rings is 1. The van der Waals surface area contributed by atoms with Crippen LogP contribution in [0.15, 0.2) is 53.7 Å². The number of nitrogens with one attached hydrogen (secondary N) is 1. The van der Waals surface area contributed by atoms with Crippen molar-refractivity contribution in [1.82, 2.24) is 19.8 Å². The van der Waals surface area contributed by atoms with Crippen molar-refractivity contribution in [2.45, 2.75) is 24.8 Å². The first-order valence-corrected chi connectivity index (χ1v) is 11.3. The zero-order valence-corrected chi connectivity index (χ0v) is 17.9. The molecule has 1 aromatic heterocycles. The van der Waals surface area contributed by atoms with E-state index in [0.29, 0.717) is 5.92 Å². The number of hydrogen-bond acceptors (Lipinski definition) is 4. The first kappa shape index (κ1) is 20.0. The maximum Gasteiger partial charge on any atom is 0.254 e. The maximum absolute atomic E-state index is 13.2. The fourth-order valence-corrected chi connectivity index (χ4v) is 4.71. The molecule has 29 heavy (non-hydrogen) atoms. The number of fused-ring (bicyclic) bond motifs is 1. The fourth-order valence-electron chi connectivity index (χ4n) is 3.82. The predicted molar refractivity (Wildman–Crippen MR) is 119 cm³/mol. The smallest absolute Gasteiger partial charge is 0.254 e. The summed E-state index contributed by atoms with van der Waals surface area (Å²) in [4.78, 5) is 25.6. The molecule has 1 aliphatic rings. The first-order chi connectivity index (χ1) is 14.1. The number of imidazole rings is 1. The molecule has 4 rings (SSSR count). The molecule has 0 radical (unpaired) electrons. The summed E-state index contributed by atoms with van der Waals surface area (Å²) >= 11 is 1.64. The first-order valence-electron chi connectivity index (χ1n) is 10.3. The molecule has 2 heterocycles. The van der Waals surface area contributed by atoms with Gasteiger partial charge in [0.05, 0.1) is 11.0 Å². The average Bonchev–Trinajstić information content (AvgIpc) is 3.15. The molecular weight excluding hydrogens is 380 g/mol. The molecule has 0 bridgehead atoms. The molecule has 5 nitrogen and oxygen atoms in total. The number of amides is 1. The Hall–Kier alpha value is -2.31. The van der Waals surface area contributed by atoms with Gasteiger partial charge in [-0.2, -0.15) is 0 Å². The molecule has 1 N–H and O–H groups in total. The van der Waals surface area contributed by atoms with Crippen molar-refractivity contribution < 1.29 is 4.79 Å². The molecule has 0 spiro atoms. The standard InChI is InChI=1S/C23H28N4OS/c1-17(2)15-26-11-13-27(14-12-26)22(28)19-8-4-3-7-18(19)16-29-23-24-20-9-5-6-10-21(20)25-23/h3-10,17H,11-16H2,1-2H3,(H,24,25). The largest absolute Gasteiger partial charge is 0.336 e. The summed E-state index contributed by atoms with van der Waals surface area (Å²) in [6.45, 7) is 9.11. The van der Waals surface area contributed by atoms with E-state index < -0.39 is 0 Å². The van der Waals surface area contributed by atoms with Crippen molar-refractivity contribution in [2.24, 2.45) is 5.92 Å². The molecule has 3 aromatic rings. The Kier molecular flexibility index (Phi) is 6.21. The van der Waals surface area contributed by atoms with Gasteiger partial charge in [-0.1, -0.05) is 55.9 Å². The van der Waals surface area contributed by atoms with E-state index in [0.717, 1.165) is 65.8 Å². The van der Waals surface area contributed by atoms with E-state index >= 15 is 0 Å². The summed E-state index contributed by atoms with van der Waals surface area (Å²) < 4.78 is 0. The highest BCUT2D eigenvalue weighted by Gasteiger charge is 2.24. The number of H-pyrrole nitrogens is 1. The number of hydrogen-bond donors (Lipinski definition) is 1. The highest BCUT2D eigenvalue weighted by Crippen LogP contribution is 2.25. The predicted octanol–water partition coefficient (Wildman–Crippen LogP) is 4.27. The minimum absolute atomic E-state index is 0.148. The van der Waals surface area contributed by atoms with Gasteiger partial charge in [0.2, 0.25) is 0 Å². The summed E-state index contributed by atoms with van der Waals surface area (Å²) in [6.07, 6.45) is 0. The minimum atomic E-state index is 0.148. The van der Waals surface area contributed by atoms with Crippen LogP contribution in [0.4, 0.5) is 0 Å². The second-order valence-corrected chi connectivity index (χ2v) is 8.96. The van der Waals surface area contributed by atoms with Crippen molar-refractivity contribution in [3.63, 3.8) is 0 Å². The van der Waals surface area contributed by atoms with Gasteiger partial charge in [-0.3, -0.25) is 9.69 Å². The summed E-state index contributed by atoms with van der Waals surface area (Å²) in [7, 11) is 0. The molecule has 0 aliphatic carbocycles. The van der Waals surface area contributed by atoms with Crippen LogP contribution in [0.2, 0.25) is 0 Å². The molecule has 1 amide bonds. The summed E-state index contributed by atoms with van der Waals surface area (Å²) in [5, 5.41) is 0.885. The van der Waals surface area contributed by atoms with E-state index in [2.05, 4.69) is 34.8 Å². The van der Waals surface area contributed by atoms with Crippen LogP contribution in [0.3, 0.4) is 0 Å². The van der Waals surface area contributed by atoms with Crippen molar-refractivity contribution >= 4 is 28.7 Å². The zero-order valence-electron chi connectivity index (χ0n) is 17.1. The van der Waals surface area contributed by atoms with Crippen LogP contribution < -0.4 is 0 Å². The lowest BCUT2D eigenvalue weighted by Crippen LogP contribution is -2.49. The van der Waals surface area contributed by atoms with Crippen LogP contribution in [-0.4, -0.2) is 58.4 Å². The Balaban J connectivity index is 1.42. The van der Waals surface area contributed by atoms with Gasteiger partial charge >= 0.3 is 0 Å². The number of para-hydroxylation sites is 2. The molecule has 1 fully saturated rings. The zero-order chi connectivity index (χ0) is 20.2. The van der Waals surface area contributed by atoms with Crippen LogP contribution in [0.5, 0.6) is 0 Å².